The Morgan fingerprint density at radius 1 is 1.03 bits per heavy atom. The summed E-state index contributed by atoms with van der Waals surface area (Å²) in [7, 11) is 0. The summed E-state index contributed by atoms with van der Waals surface area (Å²) in [6, 6.07) is 0. The molecule has 0 spiro atoms. The van der Waals surface area contributed by atoms with Crippen LogP contribution in [0.25, 0.3) is 0 Å². The minimum absolute atomic E-state index is 0.0267. The highest BCUT2D eigenvalue weighted by Crippen LogP contribution is 2.67. The normalized spacial score (nSPS) is 48.3. The van der Waals surface area contributed by atoms with Crippen LogP contribution in [0.2, 0.25) is 0 Å². The monoisotopic (exact) mass is 400 g/mol. The van der Waals surface area contributed by atoms with Crippen molar-refractivity contribution >= 4 is 5.78 Å². The highest BCUT2D eigenvalue weighted by atomic mass is 16.7. The summed E-state index contributed by atoms with van der Waals surface area (Å²) < 4.78 is 12.4. The van der Waals surface area contributed by atoms with Crippen molar-refractivity contribution in [2.75, 3.05) is 6.61 Å². The number of hydrogen-bond acceptors (Lipinski definition) is 3. The highest BCUT2D eigenvalue weighted by Gasteiger charge is 2.59. The first kappa shape index (κ1) is 20.2. The maximum absolute atomic E-state index is 12.0. The molecule has 5 aliphatic rings. The molecule has 162 valence electrons. The Balaban J connectivity index is 1.33. The van der Waals surface area contributed by atoms with Crippen LogP contribution in [-0.4, -0.2) is 24.8 Å². The fourth-order valence-corrected chi connectivity index (χ4v) is 8.52. The molecule has 1 aliphatic heterocycles. The molecule has 3 saturated carbocycles. The van der Waals surface area contributed by atoms with Gasteiger partial charge in [0, 0.05) is 13.0 Å². The molecule has 0 amide bonds. The number of ether oxygens (including phenoxy) is 2. The molecule has 29 heavy (non-hydrogen) atoms. The van der Waals surface area contributed by atoms with Crippen LogP contribution >= 0.6 is 0 Å². The second-order valence-corrected chi connectivity index (χ2v) is 11.3. The number of allylic oxidation sites excluding steroid dienone is 1. The van der Waals surface area contributed by atoms with Crippen LogP contribution in [0.1, 0.15) is 91.4 Å². The summed E-state index contributed by atoms with van der Waals surface area (Å²) in [4.78, 5) is 12.0. The number of carbonyl (C=O) groups is 1. The van der Waals surface area contributed by atoms with Gasteiger partial charge in [0.05, 0.1) is 6.10 Å². The largest absolute Gasteiger partial charge is 0.353 e. The third kappa shape index (κ3) is 3.26. The summed E-state index contributed by atoms with van der Waals surface area (Å²) in [6.45, 7) is 8.26. The first-order valence-electron chi connectivity index (χ1n) is 12.4. The van der Waals surface area contributed by atoms with E-state index in [0.717, 1.165) is 50.0 Å². The third-order valence-corrected chi connectivity index (χ3v) is 10.1. The zero-order chi connectivity index (χ0) is 20.2. The fourth-order valence-electron chi connectivity index (χ4n) is 8.52. The predicted molar refractivity (Wildman–Crippen MR) is 114 cm³/mol. The SMILES string of the molecule is C[C@H](O[C@H]1CCCCO1)[C@H]1CC[C@H]2[C@@H]3CCC4=CC(=O)CC[C@]4(C)[C@H]3CC[C@]12C. The van der Waals surface area contributed by atoms with Crippen LogP contribution in [0.3, 0.4) is 0 Å². The van der Waals surface area contributed by atoms with Crippen molar-refractivity contribution in [3.05, 3.63) is 11.6 Å². The van der Waals surface area contributed by atoms with E-state index in [2.05, 4.69) is 20.8 Å². The molecular weight excluding hydrogens is 360 g/mol. The van der Waals surface area contributed by atoms with Gasteiger partial charge in [-0.05, 0) is 112 Å². The standard InChI is InChI=1S/C26H40O3/c1-17(29-24-6-4-5-15-28-24)21-9-10-22-20-8-7-18-16-19(27)11-13-25(18,2)23(20)12-14-26(21,22)3/h16-17,20-24H,4-15H2,1-3H3/t17-,20-,21+,22-,23-,24-,25-,26+/m0/s1. The number of rotatable bonds is 3. The quantitative estimate of drug-likeness (QED) is 0.577. The molecule has 0 bridgehead atoms. The molecule has 0 aromatic carbocycles. The maximum Gasteiger partial charge on any atom is 0.157 e. The molecule has 0 aromatic heterocycles. The third-order valence-electron chi connectivity index (χ3n) is 10.1. The van der Waals surface area contributed by atoms with Gasteiger partial charge < -0.3 is 9.47 Å². The highest BCUT2D eigenvalue weighted by molar-refractivity contribution is 5.91. The van der Waals surface area contributed by atoms with Gasteiger partial charge in [0.2, 0.25) is 0 Å². The van der Waals surface area contributed by atoms with Gasteiger partial charge in [-0.25, -0.2) is 0 Å². The molecule has 4 aliphatic carbocycles. The van der Waals surface area contributed by atoms with Gasteiger partial charge in [-0.2, -0.15) is 0 Å². The second-order valence-electron chi connectivity index (χ2n) is 11.3. The minimum Gasteiger partial charge on any atom is -0.353 e. The van der Waals surface area contributed by atoms with Gasteiger partial charge in [0.15, 0.2) is 12.1 Å². The van der Waals surface area contributed by atoms with E-state index in [1.807, 2.05) is 6.08 Å². The van der Waals surface area contributed by atoms with Crippen molar-refractivity contribution in [2.24, 2.45) is 34.5 Å². The Kier molecular flexibility index (Phi) is 5.22. The van der Waals surface area contributed by atoms with E-state index < -0.39 is 0 Å². The molecule has 1 heterocycles. The van der Waals surface area contributed by atoms with Crippen LogP contribution in [0, 0.1) is 34.5 Å². The molecule has 0 radical (unpaired) electrons. The lowest BCUT2D eigenvalue weighted by molar-refractivity contribution is -0.205. The molecule has 8 atom stereocenters. The van der Waals surface area contributed by atoms with Crippen molar-refractivity contribution in [3.63, 3.8) is 0 Å². The van der Waals surface area contributed by atoms with Crippen molar-refractivity contribution in [3.8, 4) is 0 Å². The molecule has 3 nitrogen and oxygen atoms in total. The Hall–Kier alpha value is -0.670. The lowest BCUT2D eigenvalue weighted by atomic mass is 9.46. The average Bonchev–Trinajstić information content (AvgIpc) is 3.06. The van der Waals surface area contributed by atoms with Crippen LogP contribution in [0.4, 0.5) is 0 Å². The zero-order valence-electron chi connectivity index (χ0n) is 18.8. The first-order chi connectivity index (χ1) is 13.9. The van der Waals surface area contributed by atoms with Crippen LogP contribution in [-0.2, 0) is 14.3 Å². The Morgan fingerprint density at radius 3 is 2.69 bits per heavy atom. The second kappa shape index (κ2) is 7.48. The van der Waals surface area contributed by atoms with Crippen LogP contribution in [0.5, 0.6) is 0 Å². The van der Waals surface area contributed by atoms with E-state index in [-0.39, 0.29) is 11.7 Å². The summed E-state index contributed by atoms with van der Waals surface area (Å²) in [5.41, 5.74) is 2.19. The molecule has 3 heteroatoms. The van der Waals surface area contributed by atoms with Crippen molar-refractivity contribution < 1.29 is 14.3 Å². The molecular formula is C26H40O3. The summed E-state index contributed by atoms with van der Waals surface area (Å²) >= 11 is 0. The molecule has 5 rings (SSSR count). The van der Waals surface area contributed by atoms with Crippen LogP contribution < -0.4 is 0 Å². The average molecular weight is 401 g/mol. The van der Waals surface area contributed by atoms with Gasteiger partial charge in [0.1, 0.15) is 0 Å². The molecule has 0 aromatic rings. The lowest BCUT2D eigenvalue weighted by Gasteiger charge is -2.58. The van der Waals surface area contributed by atoms with E-state index in [4.69, 9.17) is 9.47 Å². The van der Waals surface area contributed by atoms with Crippen molar-refractivity contribution in [2.45, 2.75) is 104 Å². The molecule has 1 saturated heterocycles. The van der Waals surface area contributed by atoms with Gasteiger partial charge in [-0.3, -0.25) is 4.79 Å². The molecule has 4 fully saturated rings. The number of hydrogen-bond donors (Lipinski definition) is 0. The Bertz CT molecular complexity index is 677. The molecule has 0 unspecified atom stereocenters. The summed E-state index contributed by atoms with van der Waals surface area (Å²) in [6.07, 6.45) is 15.5. The van der Waals surface area contributed by atoms with E-state index in [9.17, 15) is 4.79 Å². The van der Waals surface area contributed by atoms with Gasteiger partial charge in [-0.15, -0.1) is 0 Å². The van der Waals surface area contributed by atoms with E-state index in [1.54, 1.807) is 0 Å². The Labute approximate surface area is 177 Å². The van der Waals surface area contributed by atoms with Gasteiger partial charge in [-0.1, -0.05) is 19.4 Å². The molecule has 0 N–H and O–H groups in total. The fraction of sp³-hybridized carbons (Fsp3) is 0.885. The van der Waals surface area contributed by atoms with E-state index >= 15 is 0 Å². The van der Waals surface area contributed by atoms with Crippen molar-refractivity contribution in [1.29, 1.82) is 0 Å². The lowest BCUT2D eigenvalue weighted by Crippen LogP contribution is -2.51. The zero-order valence-corrected chi connectivity index (χ0v) is 18.8. The summed E-state index contributed by atoms with van der Waals surface area (Å²) in [5.74, 6) is 3.49. The number of fused-ring (bicyclic) bond motifs is 5. The van der Waals surface area contributed by atoms with Gasteiger partial charge in [0.25, 0.3) is 0 Å². The van der Waals surface area contributed by atoms with E-state index in [0.29, 0.717) is 23.2 Å². The minimum atomic E-state index is 0.0267. The maximum atomic E-state index is 12.0. The number of ketones is 1. The topological polar surface area (TPSA) is 35.5 Å². The number of carbonyl (C=O) groups excluding carboxylic acids is 1. The van der Waals surface area contributed by atoms with E-state index in [1.165, 1.54) is 50.5 Å². The first-order valence-corrected chi connectivity index (χ1v) is 12.4. The Morgan fingerprint density at radius 2 is 1.90 bits per heavy atom. The predicted octanol–water partition coefficient (Wildman–Crippen LogP) is 6.07. The van der Waals surface area contributed by atoms with Gasteiger partial charge >= 0.3 is 0 Å². The summed E-state index contributed by atoms with van der Waals surface area (Å²) in [5, 5.41) is 0. The van der Waals surface area contributed by atoms with Crippen molar-refractivity contribution in [1.82, 2.24) is 0 Å². The van der Waals surface area contributed by atoms with Crippen LogP contribution in [0.15, 0.2) is 11.6 Å². The smallest absolute Gasteiger partial charge is 0.157 e.